The number of carboxylic acid groups (broad SMARTS) is 1. The second-order valence-electron chi connectivity index (χ2n) is 2.85. The van der Waals surface area contributed by atoms with Crippen LogP contribution in [0, 0.1) is 0 Å². The number of allylic oxidation sites excluding steroid dienone is 1. The minimum absolute atomic E-state index is 0.0930. The van der Waals surface area contributed by atoms with Crippen LogP contribution in [0.5, 0.6) is 0 Å². The molecule has 0 fully saturated rings. The molecule has 2 nitrogen and oxygen atoms in total. The van der Waals surface area contributed by atoms with E-state index >= 15 is 0 Å². The van der Waals surface area contributed by atoms with E-state index in [9.17, 15) is 9.18 Å². The summed E-state index contributed by atoms with van der Waals surface area (Å²) in [7, 11) is 0. The Morgan fingerprint density at radius 3 is 2.64 bits per heavy atom. The van der Waals surface area contributed by atoms with Crippen LogP contribution in [0.25, 0.3) is 6.08 Å². The van der Waals surface area contributed by atoms with Crippen molar-refractivity contribution < 1.29 is 14.3 Å². The Balaban J connectivity index is 2.46. The van der Waals surface area contributed by atoms with Gasteiger partial charge in [-0.15, -0.1) is 0 Å². The minimum Gasteiger partial charge on any atom is -0.479 e. The van der Waals surface area contributed by atoms with E-state index in [-0.39, 0.29) is 6.42 Å². The number of alkyl halides is 1. The zero-order valence-electron chi connectivity index (χ0n) is 7.56. The highest BCUT2D eigenvalue weighted by atomic mass is 19.1. The number of hydrogen-bond donors (Lipinski definition) is 1. The van der Waals surface area contributed by atoms with Gasteiger partial charge in [-0.2, -0.15) is 0 Å². The third kappa shape index (κ3) is 3.39. The van der Waals surface area contributed by atoms with Gasteiger partial charge in [-0.3, -0.25) is 0 Å². The molecule has 1 aromatic carbocycles. The highest BCUT2D eigenvalue weighted by Crippen LogP contribution is 2.05. The minimum atomic E-state index is -1.81. The molecule has 74 valence electrons. The molecule has 14 heavy (non-hydrogen) atoms. The molecule has 1 rings (SSSR count). The fourth-order valence-electron chi connectivity index (χ4n) is 0.989. The Morgan fingerprint density at radius 1 is 1.43 bits per heavy atom. The van der Waals surface area contributed by atoms with Gasteiger partial charge in [0.2, 0.25) is 6.17 Å². The van der Waals surface area contributed by atoms with Gasteiger partial charge in [0.15, 0.2) is 0 Å². The molecule has 1 aromatic rings. The summed E-state index contributed by atoms with van der Waals surface area (Å²) in [4.78, 5) is 10.1. The third-order valence-electron chi connectivity index (χ3n) is 1.72. The van der Waals surface area contributed by atoms with Crippen LogP contribution >= 0.6 is 0 Å². The maximum Gasteiger partial charge on any atom is 0.338 e. The molecule has 1 atom stereocenters. The standard InChI is InChI=1S/C11H11FO2/c12-10(11(13)14)8-4-7-9-5-2-1-3-6-9/h1-7,10H,8H2,(H,13,14)/b7-4+/t10-/m0/s1. The number of aliphatic carboxylic acids is 1. The summed E-state index contributed by atoms with van der Waals surface area (Å²) in [5.74, 6) is -1.41. The van der Waals surface area contributed by atoms with E-state index in [1.807, 2.05) is 30.3 Å². The Morgan fingerprint density at radius 2 is 2.07 bits per heavy atom. The third-order valence-corrected chi connectivity index (χ3v) is 1.72. The summed E-state index contributed by atoms with van der Waals surface area (Å²) in [5, 5.41) is 8.27. The summed E-state index contributed by atoms with van der Waals surface area (Å²) >= 11 is 0. The van der Waals surface area contributed by atoms with Gasteiger partial charge in [-0.05, 0) is 5.56 Å². The van der Waals surface area contributed by atoms with E-state index in [0.29, 0.717) is 0 Å². The topological polar surface area (TPSA) is 37.3 Å². The number of carbonyl (C=O) groups is 1. The van der Waals surface area contributed by atoms with Crippen molar-refractivity contribution in [2.24, 2.45) is 0 Å². The lowest BCUT2D eigenvalue weighted by Crippen LogP contribution is -2.12. The molecular weight excluding hydrogens is 183 g/mol. The normalized spacial score (nSPS) is 12.9. The smallest absolute Gasteiger partial charge is 0.338 e. The van der Waals surface area contributed by atoms with Crippen LogP contribution in [-0.2, 0) is 4.79 Å². The van der Waals surface area contributed by atoms with Gasteiger partial charge in [0.05, 0.1) is 0 Å². The van der Waals surface area contributed by atoms with Gasteiger partial charge in [-0.1, -0.05) is 42.5 Å². The molecular formula is C11H11FO2. The van der Waals surface area contributed by atoms with Crippen molar-refractivity contribution in [3.63, 3.8) is 0 Å². The summed E-state index contributed by atoms with van der Waals surface area (Å²) in [5.41, 5.74) is 0.935. The molecule has 0 radical (unpaired) electrons. The maximum absolute atomic E-state index is 12.6. The molecule has 0 aromatic heterocycles. The Kier molecular flexibility index (Phi) is 3.85. The van der Waals surface area contributed by atoms with Gasteiger partial charge >= 0.3 is 5.97 Å². The maximum atomic E-state index is 12.6. The van der Waals surface area contributed by atoms with Crippen molar-refractivity contribution >= 4 is 12.0 Å². The Labute approximate surface area is 81.7 Å². The van der Waals surface area contributed by atoms with E-state index in [4.69, 9.17) is 5.11 Å². The van der Waals surface area contributed by atoms with Crippen molar-refractivity contribution in [2.45, 2.75) is 12.6 Å². The van der Waals surface area contributed by atoms with Crippen LogP contribution in [-0.4, -0.2) is 17.2 Å². The lowest BCUT2D eigenvalue weighted by molar-refractivity contribution is -0.142. The monoisotopic (exact) mass is 194 g/mol. The van der Waals surface area contributed by atoms with Gasteiger partial charge in [0.1, 0.15) is 0 Å². The summed E-state index contributed by atoms with van der Waals surface area (Å²) in [6.45, 7) is 0. The lowest BCUT2D eigenvalue weighted by Gasteiger charge is -1.96. The molecule has 0 aliphatic rings. The lowest BCUT2D eigenvalue weighted by atomic mass is 10.2. The number of benzene rings is 1. The highest BCUT2D eigenvalue weighted by Gasteiger charge is 2.12. The van der Waals surface area contributed by atoms with Crippen molar-refractivity contribution in [1.82, 2.24) is 0 Å². The zero-order valence-corrected chi connectivity index (χ0v) is 7.56. The van der Waals surface area contributed by atoms with Crippen LogP contribution in [0.1, 0.15) is 12.0 Å². The van der Waals surface area contributed by atoms with Crippen LogP contribution in [0.4, 0.5) is 4.39 Å². The van der Waals surface area contributed by atoms with Crippen LogP contribution < -0.4 is 0 Å². The SMILES string of the molecule is O=C(O)[C@@H](F)C/C=C/c1ccccc1. The summed E-state index contributed by atoms with van der Waals surface area (Å²) in [6.07, 6.45) is 1.32. The molecule has 0 aliphatic carbocycles. The molecule has 1 N–H and O–H groups in total. The highest BCUT2D eigenvalue weighted by molar-refractivity contribution is 5.72. The van der Waals surface area contributed by atoms with Gasteiger partial charge in [-0.25, -0.2) is 9.18 Å². The summed E-state index contributed by atoms with van der Waals surface area (Å²) < 4.78 is 12.6. The van der Waals surface area contributed by atoms with Gasteiger partial charge in [0.25, 0.3) is 0 Å². The number of hydrogen-bond acceptors (Lipinski definition) is 1. The first-order valence-corrected chi connectivity index (χ1v) is 4.28. The Bertz CT molecular complexity index is 319. The first-order chi connectivity index (χ1) is 6.70. The predicted molar refractivity (Wildman–Crippen MR) is 52.6 cm³/mol. The molecule has 0 spiro atoms. The largest absolute Gasteiger partial charge is 0.479 e. The molecule has 0 heterocycles. The van der Waals surface area contributed by atoms with Crippen molar-refractivity contribution in [3.8, 4) is 0 Å². The molecule has 0 bridgehead atoms. The van der Waals surface area contributed by atoms with Crippen LogP contribution in [0.15, 0.2) is 36.4 Å². The fourth-order valence-corrected chi connectivity index (χ4v) is 0.989. The van der Waals surface area contributed by atoms with E-state index in [1.54, 1.807) is 6.08 Å². The van der Waals surface area contributed by atoms with Crippen molar-refractivity contribution in [3.05, 3.63) is 42.0 Å². The average molecular weight is 194 g/mol. The van der Waals surface area contributed by atoms with E-state index in [1.165, 1.54) is 6.08 Å². The van der Waals surface area contributed by atoms with E-state index < -0.39 is 12.1 Å². The quantitative estimate of drug-likeness (QED) is 0.799. The predicted octanol–water partition coefficient (Wildman–Crippen LogP) is 2.51. The molecule has 0 saturated heterocycles. The summed E-state index contributed by atoms with van der Waals surface area (Å²) in [6, 6.07) is 9.34. The van der Waals surface area contributed by atoms with Crippen LogP contribution in [0.2, 0.25) is 0 Å². The first-order valence-electron chi connectivity index (χ1n) is 4.28. The van der Waals surface area contributed by atoms with E-state index in [2.05, 4.69) is 0 Å². The Hall–Kier alpha value is -1.64. The van der Waals surface area contributed by atoms with Crippen LogP contribution in [0.3, 0.4) is 0 Å². The molecule has 0 saturated carbocycles. The average Bonchev–Trinajstić information content (AvgIpc) is 2.19. The van der Waals surface area contributed by atoms with Gasteiger partial charge in [0, 0.05) is 6.42 Å². The number of halogens is 1. The number of rotatable bonds is 4. The fraction of sp³-hybridized carbons (Fsp3) is 0.182. The van der Waals surface area contributed by atoms with E-state index in [0.717, 1.165) is 5.56 Å². The molecule has 0 unspecified atom stereocenters. The molecule has 0 amide bonds. The first kappa shape index (κ1) is 10.4. The van der Waals surface area contributed by atoms with Crippen molar-refractivity contribution in [2.75, 3.05) is 0 Å². The molecule has 3 heteroatoms. The second-order valence-corrected chi connectivity index (χ2v) is 2.85. The second kappa shape index (κ2) is 5.17. The van der Waals surface area contributed by atoms with Crippen molar-refractivity contribution in [1.29, 1.82) is 0 Å². The van der Waals surface area contributed by atoms with Gasteiger partial charge < -0.3 is 5.11 Å². The zero-order chi connectivity index (χ0) is 10.4. The number of carboxylic acids is 1. The molecule has 0 aliphatic heterocycles.